The van der Waals surface area contributed by atoms with Gasteiger partial charge in [-0.3, -0.25) is 14.4 Å². The number of alkyl carbamates (subject to hydrolysis) is 1. The molecule has 1 spiro atoms. The number of benzene rings is 1. The van der Waals surface area contributed by atoms with E-state index in [0.29, 0.717) is 64.7 Å². The second kappa shape index (κ2) is 13.4. The summed E-state index contributed by atoms with van der Waals surface area (Å²) in [5.41, 5.74) is 0.0499. The van der Waals surface area contributed by atoms with Crippen molar-refractivity contribution in [1.82, 2.24) is 20.4 Å². The molecule has 2 aliphatic heterocycles. The smallest absolute Gasteiger partial charge is 0.407 e. The molecule has 1 aromatic carbocycles. The van der Waals surface area contributed by atoms with Crippen LogP contribution in [0, 0.1) is 5.92 Å². The minimum Gasteiger partial charge on any atom is -0.445 e. The molecule has 204 valence electrons. The average Bonchev–Trinajstić information content (AvgIpc) is 2.88. The van der Waals surface area contributed by atoms with Gasteiger partial charge in [0.25, 0.3) is 0 Å². The topological polar surface area (TPSA) is 108 Å². The fourth-order valence-corrected chi connectivity index (χ4v) is 5.16. The number of amides is 4. The van der Waals surface area contributed by atoms with Crippen LogP contribution in [0.15, 0.2) is 30.3 Å². The van der Waals surface area contributed by atoms with E-state index in [4.69, 9.17) is 4.74 Å². The SMILES string of the molecule is CCCN1C(=O)[C@H](CCCCNC(=O)OCc2ccccc2)NC(=O)C12CCN(C(=O)CC(C)C)CC2. The van der Waals surface area contributed by atoms with Crippen LogP contribution in [0.25, 0.3) is 0 Å². The number of carbonyl (C=O) groups excluding carboxylic acids is 4. The molecule has 0 radical (unpaired) electrons. The zero-order valence-electron chi connectivity index (χ0n) is 22.5. The van der Waals surface area contributed by atoms with Gasteiger partial charge in [0.05, 0.1) is 0 Å². The molecule has 0 aliphatic carbocycles. The molecule has 0 bridgehead atoms. The van der Waals surface area contributed by atoms with Crippen LogP contribution in [0.2, 0.25) is 0 Å². The first-order chi connectivity index (χ1) is 17.8. The Balaban J connectivity index is 1.45. The molecule has 0 unspecified atom stereocenters. The highest BCUT2D eigenvalue weighted by atomic mass is 16.5. The first-order valence-corrected chi connectivity index (χ1v) is 13.6. The van der Waals surface area contributed by atoms with Crippen molar-refractivity contribution in [3.63, 3.8) is 0 Å². The quantitative estimate of drug-likeness (QED) is 0.441. The molecule has 2 aliphatic rings. The summed E-state index contributed by atoms with van der Waals surface area (Å²) in [5.74, 6) is 0.253. The first kappa shape index (κ1) is 28.5. The third-order valence-electron chi connectivity index (χ3n) is 7.18. The molecule has 1 atom stereocenters. The summed E-state index contributed by atoms with van der Waals surface area (Å²) >= 11 is 0. The van der Waals surface area contributed by atoms with Crippen molar-refractivity contribution in [2.75, 3.05) is 26.2 Å². The largest absolute Gasteiger partial charge is 0.445 e. The molecule has 2 N–H and O–H groups in total. The predicted molar refractivity (Wildman–Crippen MR) is 140 cm³/mol. The zero-order valence-corrected chi connectivity index (χ0v) is 22.5. The lowest BCUT2D eigenvalue weighted by molar-refractivity contribution is -0.162. The van der Waals surface area contributed by atoms with Crippen molar-refractivity contribution in [1.29, 1.82) is 0 Å². The van der Waals surface area contributed by atoms with E-state index < -0.39 is 17.7 Å². The highest BCUT2D eigenvalue weighted by molar-refractivity contribution is 6.00. The van der Waals surface area contributed by atoms with Gasteiger partial charge < -0.3 is 25.2 Å². The molecule has 3 rings (SSSR count). The lowest BCUT2D eigenvalue weighted by Gasteiger charge is -2.51. The number of nitrogens with one attached hydrogen (secondary N) is 2. The van der Waals surface area contributed by atoms with Gasteiger partial charge in [-0.05, 0) is 50.0 Å². The van der Waals surface area contributed by atoms with E-state index in [1.807, 2.05) is 56.0 Å². The Kier molecular flexibility index (Phi) is 10.3. The summed E-state index contributed by atoms with van der Waals surface area (Å²) in [7, 11) is 0. The lowest BCUT2D eigenvalue weighted by Crippen LogP contribution is -2.73. The van der Waals surface area contributed by atoms with E-state index >= 15 is 0 Å². The Bertz CT molecular complexity index is 928. The number of likely N-dealkylation sites (tertiary alicyclic amines) is 1. The molecule has 2 heterocycles. The van der Waals surface area contributed by atoms with Crippen LogP contribution in [-0.2, 0) is 25.7 Å². The van der Waals surface area contributed by atoms with E-state index in [-0.39, 0.29) is 30.2 Å². The summed E-state index contributed by atoms with van der Waals surface area (Å²) in [6.45, 7) is 8.20. The molecule has 1 aromatic rings. The molecule has 2 fully saturated rings. The second-order valence-electron chi connectivity index (χ2n) is 10.5. The summed E-state index contributed by atoms with van der Waals surface area (Å²) < 4.78 is 5.21. The minimum atomic E-state index is -0.873. The zero-order chi connectivity index (χ0) is 26.8. The van der Waals surface area contributed by atoms with Gasteiger partial charge in [0.15, 0.2) is 0 Å². The Hall–Kier alpha value is -3.10. The number of piperidine rings is 1. The Labute approximate surface area is 220 Å². The monoisotopic (exact) mass is 514 g/mol. The number of hydrogen-bond donors (Lipinski definition) is 2. The van der Waals surface area contributed by atoms with Crippen molar-refractivity contribution in [3.05, 3.63) is 35.9 Å². The Morgan fingerprint density at radius 1 is 1.14 bits per heavy atom. The fraction of sp³-hybridized carbons (Fsp3) is 0.643. The van der Waals surface area contributed by atoms with Crippen molar-refractivity contribution in [3.8, 4) is 0 Å². The molecular weight excluding hydrogens is 472 g/mol. The van der Waals surface area contributed by atoms with Gasteiger partial charge in [-0.15, -0.1) is 0 Å². The van der Waals surface area contributed by atoms with E-state index in [1.165, 1.54) is 0 Å². The minimum absolute atomic E-state index is 0.0429. The molecule has 0 aromatic heterocycles. The number of rotatable bonds is 11. The molecular formula is C28H42N4O5. The van der Waals surface area contributed by atoms with Crippen LogP contribution >= 0.6 is 0 Å². The Morgan fingerprint density at radius 3 is 2.49 bits per heavy atom. The molecule has 4 amide bonds. The number of piperazine rings is 1. The normalized spacial score (nSPS) is 19.2. The second-order valence-corrected chi connectivity index (χ2v) is 10.5. The van der Waals surface area contributed by atoms with Gasteiger partial charge in [0.2, 0.25) is 17.7 Å². The predicted octanol–water partition coefficient (Wildman–Crippen LogP) is 3.23. The average molecular weight is 515 g/mol. The summed E-state index contributed by atoms with van der Waals surface area (Å²) in [5, 5.41) is 5.72. The van der Waals surface area contributed by atoms with E-state index in [1.54, 1.807) is 4.90 Å². The maximum atomic E-state index is 13.4. The molecule has 9 nitrogen and oxygen atoms in total. The maximum Gasteiger partial charge on any atom is 0.407 e. The lowest BCUT2D eigenvalue weighted by atomic mass is 9.81. The Morgan fingerprint density at radius 2 is 1.84 bits per heavy atom. The van der Waals surface area contributed by atoms with Gasteiger partial charge in [-0.2, -0.15) is 0 Å². The van der Waals surface area contributed by atoms with Gasteiger partial charge in [0.1, 0.15) is 18.2 Å². The van der Waals surface area contributed by atoms with Crippen molar-refractivity contribution < 1.29 is 23.9 Å². The number of nitrogens with zero attached hydrogens (tertiary/aromatic N) is 2. The summed E-state index contributed by atoms with van der Waals surface area (Å²) in [6, 6.07) is 8.92. The summed E-state index contributed by atoms with van der Waals surface area (Å²) in [4.78, 5) is 54.8. The van der Waals surface area contributed by atoms with Crippen LogP contribution in [-0.4, -0.2) is 71.4 Å². The highest BCUT2D eigenvalue weighted by Gasteiger charge is 2.53. The molecule has 0 saturated carbocycles. The van der Waals surface area contributed by atoms with Gasteiger partial charge in [0, 0.05) is 32.6 Å². The number of unbranched alkanes of at least 4 members (excludes halogenated alkanes) is 1. The molecule has 9 heteroatoms. The van der Waals surface area contributed by atoms with E-state index in [2.05, 4.69) is 10.6 Å². The van der Waals surface area contributed by atoms with Gasteiger partial charge in [-0.25, -0.2) is 4.79 Å². The van der Waals surface area contributed by atoms with Crippen LogP contribution in [0.4, 0.5) is 4.79 Å². The molecule has 2 saturated heterocycles. The van der Waals surface area contributed by atoms with Crippen LogP contribution in [0.1, 0.15) is 71.3 Å². The number of ether oxygens (including phenoxy) is 1. The highest BCUT2D eigenvalue weighted by Crippen LogP contribution is 2.34. The van der Waals surface area contributed by atoms with E-state index in [0.717, 1.165) is 12.0 Å². The standard InChI is InChI=1S/C28H42N4O5/c1-4-16-32-25(34)23(12-8-9-15-29-27(36)37-20-22-10-6-5-7-11-22)30-26(35)28(32)13-17-31(18-14-28)24(33)19-21(2)3/h5-7,10-11,21,23H,4,8-9,12-20H2,1-3H3,(H,29,36)(H,30,35)/t23-/m0/s1. The summed E-state index contributed by atoms with van der Waals surface area (Å²) in [6.07, 6.45) is 3.59. The van der Waals surface area contributed by atoms with E-state index in [9.17, 15) is 19.2 Å². The third-order valence-corrected chi connectivity index (χ3v) is 7.18. The fourth-order valence-electron chi connectivity index (χ4n) is 5.16. The van der Waals surface area contributed by atoms with Crippen molar-refractivity contribution in [2.45, 2.75) is 83.9 Å². The van der Waals surface area contributed by atoms with Crippen molar-refractivity contribution in [2.24, 2.45) is 5.92 Å². The first-order valence-electron chi connectivity index (χ1n) is 13.6. The molecule has 37 heavy (non-hydrogen) atoms. The van der Waals surface area contributed by atoms with Crippen LogP contribution < -0.4 is 10.6 Å². The van der Waals surface area contributed by atoms with Gasteiger partial charge >= 0.3 is 6.09 Å². The maximum absolute atomic E-state index is 13.4. The third kappa shape index (κ3) is 7.46. The van der Waals surface area contributed by atoms with Crippen molar-refractivity contribution >= 4 is 23.8 Å². The van der Waals surface area contributed by atoms with Crippen LogP contribution in [0.5, 0.6) is 0 Å². The van der Waals surface area contributed by atoms with Gasteiger partial charge in [-0.1, -0.05) is 51.1 Å². The van der Waals surface area contributed by atoms with Crippen LogP contribution in [0.3, 0.4) is 0 Å². The number of hydrogen-bond acceptors (Lipinski definition) is 5. The number of carbonyl (C=O) groups is 4.